The Balaban J connectivity index is 1.52. The van der Waals surface area contributed by atoms with E-state index < -0.39 is 0 Å². The van der Waals surface area contributed by atoms with Crippen LogP contribution in [0.4, 0.5) is 0 Å². The van der Waals surface area contributed by atoms with Crippen molar-refractivity contribution in [1.29, 1.82) is 0 Å². The van der Waals surface area contributed by atoms with Gasteiger partial charge in [-0.2, -0.15) is 5.10 Å². The van der Waals surface area contributed by atoms with Gasteiger partial charge in [0, 0.05) is 12.1 Å². The number of aromatic nitrogens is 3. The van der Waals surface area contributed by atoms with Gasteiger partial charge in [0.25, 0.3) is 0 Å². The van der Waals surface area contributed by atoms with Crippen molar-refractivity contribution in [3.05, 3.63) is 82.6 Å². The third-order valence-electron chi connectivity index (χ3n) is 4.22. The summed E-state index contributed by atoms with van der Waals surface area (Å²) >= 11 is 1.69. The van der Waals surface area contributed by atoms with Gasteiger partial charge in [-0.25, -0.2) is 4.98 Å². The summed E-state index contributed by atoms with van der Waals surface area (Å²) in [5.41, 5.74) is 6.91. The molecule has 124 valence electrons. The van der Waals surface area contributed by atoms with E-state index in [1.54, 1.807) is 11.3 Å². The average Bonchev–Trinajstić information content (AvgIpc) is 3.22. The van der Waals surface area contributed by atoms with E-state index >= 15 is 0 Å². The number of aromatic amines is 1. The fraction of sp³-hybridized carbons (Fsp3) is 0.143. The second-order valence-electron chi connectivity index (χ2n) is 6.17. The number of nitrogens with zero attached hydrogens (tertiary/aromatic N) is 2. The Morgan fingerprint density at radius 1 is 0.920 bits per heavy atom. The average molecular weight is 345 g/mol. The summed E-state index contributed by atoms with van der Waals surface area (Å²) in [6.07, 6.45) is 0.846. The molecule has 0 fully saturated rings. The van der Waals surface area contributed by atoms with Crippen LogP contribution in [0.15, 0.2) is 60.7 Å². The highest BCUT2D eigenvalue weighted by Gasteiger charge is 2.11. The zero-order valence-corrected chi connectivity index (χ0v) is 15.1. The molecule has 0 aliphatic carbocycles. The molecule has 4 rings (SSSR count). The highest BCUT2D eigenvalue weighted by molar-refractivity contribution is 7.15. The van der Waals surface area contributed by atoms with E-state index in [9.17, 15) is 0 Å². The Morgan fingerprint density at radius 2 is 1.64 bits per heavy atom. The third kappa shape index (κ3) is 3.39. The SMILES string of the molecule is Cc1nc(C)c(-c2cc(Cc3ccc(-c4ccccc4)cc3)[nH]n2)s1. The lowest BCUT2D eigenvalue weighted by Gasteiger charge is -2.03. The Bertz CT molecular complexity index is 982. The predicted molar refractivity (Wildman–Crippen MR) is 104 cm³/mol. The van der Waals surface area contributed by atoms with Crippen molar-refractivity contribution in [3.63, 3.8) is 0 Å². The van der Waals surface area contributed by atoms with Gasteiger partial charge in [0.1, 0.15) is 5.69 Å². The lowest BCUT2D eigenvalue weighted by molar-refractivity contribution is 0.998. The summed E-state index contributed by atoms with van der Waals surface area (Å²) in [7, 11) is 0. The van der Waals surface area contributed by atoms with Crippen LogP contribution in [0.25, 0.3) is 21.7 Å². The minimum absolute atomic E-state index is 0.846. The Morgan fingerprint density at radius 3 is 2.32 bits per heavy atom. The normalized spacial score (nSPS) is 11.0. The van der Waals surface area contributed by atoms with Crippen LogP contribution in [0.5, 0.6) is 0 Å². The molecule has 0 saturated heterocycles. The third-order valence-corrected chi connectivity index (χ3v) is 5.32. The second kappa shape index (κ2) is 6.65. The number of benzene rings is 2. The molecule has 0 radical (unpaired) electrons. The Labute approximate surface area is 151 Å². The topological polar surface area (TPSA) is 41.6 Å². The maximum atomic E-state index is 4.48. The lowest BCUT2D eigenvalue weighted by atomic mass is 10.0. The van der Waals surface area contributed by atoms with Crippen molar-refractivity contribution in [2.24, 2.45) is 0 Å². The number of rotatable bonds is 4. The fourth-order valence-corrected chi connectivity index (χ4v) is 3.88. The lowest BCUT2D eigenvalue weighted by Crippen LogP contribution is -1.88. The first-order valence-electron chi connectivity index (χ1n) is 8.32. The molecule has 0 aliphatic rings. The van der Waals surface area contributed by atoms with E-state index in [1.807, 2.05) is 19.9 Å². The molecular formula is C21H19N3S. The van der Waals surface area contributed by atoms with E-state index in [1.165, 1.54) is 16.7 Å². The molecule has 2 heterocycles. The molecule has 0 unspecified atom stereocenters. The Hall–Kier alpha value is -2.72. The van der Waals surface area contributed by atoms with E-state index in [0.29, 0.717) is 0 Å². The van der Waals surface area contributed by atoms with Gasteiger partial charge >= 0.3 is 0 Å². The number of H-pyrrole nitrogens is 1. The van der Waals surface area contributed by atoms with Crippen LogP contribution >= 0.6 is 11.3 Å². The first kappa shape index (κ1) is 15.8. The molecule has 0 spiro atoms. The van der Waals surface area contributed by atoms with E-state index in [4.69, 9.17) is 0 Å². The number of nitrogens with one attached hydrogen (secondary N) is 1. The summed E-state index contributed by atoms with van der Waals surface area (Å²) in [4.78, 5) is 5.64. The smallest absolute Gasteiger partial charge is 0.104 e. The minimum Gasteiger partial charge on any atom is -0.282 e. The zero-order chi connectivity index (χ0) is 17.2. The monoisotopic (exact) mass is 345 g/mol. The molecule has 0 atom stereocenters. The number of hydrogen-bond donors (Lipinski definition) is 1. The van der Waals surface area contributed by atoms with Gasteiger partial charge in [-0.05, 0) is 36.6 Å². The van der Waals surface area contributed by atoms with Gasteiger partial charge in [0.05, 0.1) is 15.6 Å². The van der Waals surface area contributed by atoms with Crippen LogP contribution in [0.1, 0.15) is 22.0 Å². The predicted octanol–water partition coefficient (Wildman–Crippen LogP) is 5.41. The Kier molecular flexibility index (Phi) is 4.20. The summed E-state index contributed by atoms with van der Waals surface area (Å²) in [6, 6.07) is 21.3. The van der Waals surface area contributed by atoms with Gasteiger partial charge in [-0.15, -0.1) is 11.3 Å². The van der Waals surface area contributed by atoms with Crippen molar-refractivity contribution < 1.29 is 0 Å². The van der Waals surface area contributed by atoms with Crippen LogP contribution in [-0.2, 0) is 6.42 Å². The van der Waals surface area contributed by atoms with Crippen LogP contribution in [-0.4, -0.2) is 15.2 Å². The molecule has 2 aromatic heterocycles. The maximum absolute atomic E-state index is 4.48. The number of thiazole rings is 1. The van der Waals surface area contributed by atoms with Crippen LogP contribution in [0, 0.1) is 13.8 Å². The standard InChI is InChI=1S/C21H19N3S/c1-14-21(25-15(2)22-14)20-13-19(23-24-20)12-16-8-10-18(11-9-16)17-6-4-3-5-7-17/h3-11,13H,12H2,1-2H3,(H,23,24). The zero-order valence-electron chi connectivity index (χ0n) is 14.3. The molecule has 0 aliphatic heterocycles. The van der Waals surface area contributed by atoms with Gasteiger partial charge in [-0.1, -0.05) is 54.6 Å². The summed E-state index contributed by atoms with van der Waals surface area (Å²) in [6.45, 7) is 4.07. The van der Waals surface area contributed by atoms with Gasteiger partial charge in [0.15, 0.2) is 0 Å². The molecule has 0 bridgehead atoms. The van der Waals surface area contributed by atoms with Crippen LogP contribution < -0.4 is 0 Å². The minimum atomic E-state index is 0.846. The summed E-state index contributed by atoms with van der Waals surface area (Å²) in [5, 5.41) is 8.71. The number of aryl methyl sites for hydroxylation is 2. The quantitative estimate of drug-likeness (QED) is 0.537. The van der Waals surface area contributed by atoms with Crippen molar-refractivity contribution >= 4 is 11.3 Å². The van der Waals surface area contributed by atoms with Gasteiger partial charge in [0.2, 0.25) is 0 Å². The fourth-order valence-electron chi connectivity index (χ4n) is 3.00. The van der Waals surface area contributed by atoms with Crippen molar-refractivity contribution in [3.8, 4) is 21.7 Å². The second-order valence-corrected chi connectivity index (χ2v) is 7.37. The van der Waals surface area contributed by atoms with Crippen molar-refractivity contribution in [2.75, 3.05) is 0 Å². The van der Waals surface area contributed by atoms with E-state index in [-0.39, 0.29) is 0 Å². The summed E-state index contributed by atoms with van der Waals surface area (Å²) < 4.78 is 0. The van der Waals surface area contributed by atoms with Gasteiger partial charge < -0.3 is 0 Å². The highest BCUT2D eigenvalue weighted by Crippen LogP contribution is 2.29. The first-order chi connectivity index (χ1) is 12.2. The van der Waals surface area contributed by atoms with Crippen molar-refractivity contribution in [1.82, 2.24) is 15.2 Å². The molecule has 0 amide bonds. The summed E-state index contributed by atoms with van der Waals surface area (Å²) in [5.74, 6) is 0. The largest absolute Gasteiger partial charge is 0.282 e. The molecule has 2 aromatic carbocycles. The molecular weight excluding hydrogens is 326 g/mol. The molecule has 4 aromatic rings. The molecule has 0 saturated carbocycles. The van der Waals surface area contributed by atoms with Crippen LogP contribution in [0.3, 0.4) is 0 Å². The maximum Gasteiger partial charge on any atom is 0.104 e. The first-order valence-corrected chi connectivity index (χ1v) is 9.14. The molecule has 4 heteroatoms. The molecule has 25 heavy (non-hydrogen) atoms. The number of hydrogen-bond acceptors (Lipinski definition) is 3. The molecule has 1 N–H and O–H groups in total. The molecule has 3 nitrogen and oxygen atoms in total. The van der Waals surface area contributed by atoms with Gasteiger partial charge in [-0.3, -0.25) is 5.10 Å². The highest BCUT2D eigenvalue weighted by atomic mass is 32.1. The van der Waals surface area contributed by atoms with Crippen LogP contribution in [0.2, 0.25) is 0 Å². The van der Waals surface area contributed by atoms with Crippen molar-refractivity contribution in [2.45, 2.75) is 20.3 Å². The van der Waals surface area contributed by atoms with E-state index in [2.05, 4.69) is 69.8 Å². The van der Waals surface area contributed by atoms with E-state index in [0.717, 1.165) is 33.4 Å².